The SMILES string of the molecule is Cl.NCC1(NC(=O)c2ccn(-c3cccc(C(F)(F)F)c3)n2)CCCC1. The molecular weight excluding hydrogens is 369 g/mol. The molecular formula is C17H20ClF3N4O. The number of amides is 1. The molecule has 0 radical (unpaired) electrons. The molecule has 0 unspecified atom stereocenters. The Morgan fingerprint density at radius 3 is 2.58 bits per heavy atom. The van der Waals surface area contributed by atoms with Crippen LogP contribution < -0.4 is 11.1 Å². The number of nitrogens with two attached hydrogens (primary N) is 1. The van der Waals surface area contributed by atoms with E-state index < -0.39 is 17.3 Å². The van der Waals surface area contributed by atoms with Crippen molar-refractivity contribution in [3.05, 3.63) is 47.8 Å². The van der Waals surface area contributed by atoms with Gasteiger partial charge in [0.1, 0.15) is 0 Å². The highest BCUT2D eigenvalue weighted by atomic mass is 35.5. The Morgan fingerprint density at radius 2 is 1.96 bits per heavy atom. The maximum Gasteiger partial charge on any atom is 0.416 e. The molecule has 3 N–H and O–H groups in total. The molecule has 142 valence electrons. The molecule has 1 heterocycles. The largest absolute Gasteiger partial charge is 0.416 e. The Morgan fingerprint density at radius 1 is 1.27 bits per heavy atom. The first kappa shape index (κ1) is 20.3. The fourth-order valence-corrected chi connectivity index (χ4v) is 3.15. The molecule has 1 aliphatic carbocycles. The maximum absolute atomic E-state index is 12.8. The summed E-state index contributed by atoms with van der Waals surface area (Å²) in [5, 5.41) is 7.05. The molecule has 9 heteroatoms. The van der Waals surface area contributed by atoms with Crippen molar-refractivity contribution in [1.82, 2.24) is 15.1 Å². The van der Waals surface area contributed by atoms with Gasteiger partial charge in [0.05, 0.1) is 16.8 Å². The van der Waals surface area contributed by atoms with Gasteiger partial charge < -0.3 is 11.1 Å². The van der Waals surface area contributed by atoms with Crippen molar-refractivity contribution < 1.29 is 18.0 Å². The van der Waals surface area contributed by atoms with Crippen LogP contribution in [0.2, 0.25) is 0 Å². The summed E-state index contributed by atoms with van der Waals surface area (Å²) in [5.41, 5.74) is 5.02. The third-order valence-corrected chi connectivity index (χ3v) is 4.59. The van der Waals surface area contributed by atoms with E-state index in [1.807, 2.05) is 0 Å². The van der Waals surface area contributed by atoms with Gasteiger partial charge in [0.25, 0.3) is 5.91 Å². The van der Waals surface area contributed by atoms with Crippen molar-refractivity contribution in [2.24, 2.45) is 5.73 Å². The summed E-state index contributed by atoms with van der Waals surface area (Å²) in [5.74, 6) is -0.363. The van der Waals surface area contributed by atoms with Crippen LogP contribution in [-0.4, -0.2) is 27.8 Å². The molecule has 1 amide bonds. The number of rotatable bonds is 4. The Labute approximate surface area is 155 Å². The van der Waals surface area contributed by atoms with Crippen LogP contribution in [0.15, 0.2) is 36.5 Å². The van der Waals surface area contributed by atoms with Crippen LogP contribution in [0.4, 0.5) is 13.2 Å². The van der Waals surface area contributed by atoms with Gasteiger partial charge in [0.2, 0.25) is 0 Å². The molecule has 0 aliphatic heterocycles. The second-order valence-electron chi connectivity index (χ2n) is 6.34. The highest BCUT2D eigenvalue weighted by Gasteiger charge is 2.34. The van der Waals surface area contributed by atoms with Gasteiger partial charge in [0.15, 0.2) is 5.69 Å². The van der Waals surface area contributed by atoms with Crippen LogP contribution in [0, 0.1) is 0 Å². The van der Waals surface area contributed by atoms with Crippen LogP contribution in [0.3, 0.4) is 0 Å². The third kappa shape index (κ3) is 4.19. The van der Waals surface area contributed by atoms with Crippen LogP contribution in [0.1, 0.15) is 41.7 Å². The summed E-state index contributed by atoms with van der Waals surface area (Å²) in [6, 6.07) is 6.28. The Balaban J connectivity index is 0.00000243. The minimum atomic E-state index is -4.43. The predicted molar refractivity (Wildman–Crippen MR) is 93.5 cm³/mol. The van der Waals surface area contributed by atoms with Crippen molar-refractivity contribution in [2.45, 2.75) is 37.4 Å². The lowest BCUT2D eigenvalue weighted by Gasteiger charge is -2.28. The number of hydrogen-bond donors (Lipinski definition) is 2. The number of nitrogens with one attached hydrogen (secondary N) is 1. The first-order valence-electron chi connectivity index (χ1n) is 8.09. The summed E-state index contributed by atoms with van der Waals surface area (Å²) in [6.07, 6.45) is 0.701. The van der Waals surface area contributed by atoms with Crippen LogP contribution in [-0.2, 0) is 6.18 Å². The van der Waals surface area contributed by atoms with E-state index in [0.29, 0.717) is 6.54 Å². The average molecular weight is 389 g/mol. The molecule has 0 bridgehead atoms. The first-order valence-corrected chi connectivity index (χ1v) is 8.09. The highest BCUT2D eigenvalue weighted by Crippen LogP contribution is 2.30. The van der Waals surface area contributed by atoms with Crippen LogP contribution in [0.25, 0.3) is 5.69 Å². The van der Waals surface area contributed by atoms with Gasteiger partial charge in [-0.25, -0.2) is 4.68 Å². The molecule has 1 fully saturated rings. The molecule has 1 aromatic heterocycles. The molecule has 1 aliphatic rings. The summed E-state index contributed by atoms with van der Waals surface area (Å²) in [6.45, 7) is 0.354. The molecule has 0 saturated heterocycles. The lowest BCUT2D eigenvalue weighted by Crippen LogP contribution is -2.51. The Bertz CT molecular complexity index is 769. The van der Waals surface area contributed by atoms with Crippen LogP contribution >= 0.6 is 12.4 Å². The standard InChI is InChI=1S/C17H19F3N4O.ClH/c18-17(19,20)12-4-3-5-13(10-12)24-9-6-14(23-24)15(25)22-16(11-21)7-1-2-8-16;/h3-6,9-10H,1-2,7-8,11,21H2,(H,22,25);1H. The van der Waals surface area contributed by atoms with Crippen LogP contribution in [0.5, 0.6) is 0 Å². The van der Waals surface area contributed by atoms with E-state index in [1.165, 1.54) is 29.1 Å². The number of alkyl halides is 3. The first-order chi connectivity index (χ1) is 11.8. The zero-order chi connectivity index (χ0) is 18.1. The molecule has 2 aromatic rings. The summed E-state index contributed by atoms with van der Waals surface area (Å²) in [4.78, 5) is 12.4. The zero-order valence-corrected chi connectivity index (χ0v) is 14.7. The fourth-order valence-electron chi connectivity index (χ4n) is 3.15. The summed E-state index contributed by atoms with van der Waals surface area (Å²) >= 11 is 0. The average Bonchev–Trinajstić information content (AvgIpc) is 3.24. The van der Waals surface area contributed by atoms with E-state index >= 15 is 0 Å². The lowest BCUT2D eigenvalue weighted by atomic mass is 9.97. The summed E-state index contributed by atoms with van der Waals surface area (Å²) in [7, 11) is 0. The highest BCUT2D eigenvalue weighted by molar-refractivity contribution is 5.92. The van der Waals surface area contributed by atoms with Gasteiger partial charge in [-0.15, -0.1) is 12.4 Å². The third-order valence-electron chi connectivity index (χ3n) is 4.59. The van der Waals surface area contributed by atoms with Crippen molar-refractivity contribution in [1.29, 1.82) is 0 Å². The Hall–Kier alpha value is -2.06. The summed E-state index contributed by atoms with van der Waals surface area (Å²) < 4.78 is 39.7. The molecule has 3 rings (SSSR count). The number of aromatic nitrogens is 2. The number of halogens is 4. The molecule has 26 heavy (non-hydrogen) atoms. The smallest absolute Gasteiger partial charge is 0.344 e. The molecule has 0 atom stereocenters. The minimum Gasteiger partial charge on any atom is -0.344 e. The van der Waals surface area contributed by atoms with E-state index in [9.17, 15) is 18.0 Å². The normalized spacial score (nSPS) is 16.2. The number of hydrogen-bond acceptors (Lipinski definition) is 3. The van der Waals surface area contributed by atoms with E-state index in [1.54, 1.807) is 0 Å². The maximum atomic E-state index is 12.8. The molecule has 1 aromatic carbocycles. The number of carbonyl (C=O) groups excluding carboxylic acids is 1. The fraction of sp³-hybridized carbons (Fsp3) is 0.412. The lowest BCUT2D eigenvalue weighted by molar-refractivity contribution is -0.137. The van der Waals surface area contributed by atoms with Crippen molar-refractivity contribution >= 4 is 18.3 Å². The zero-order valence-electron chi connectivity index (χ0n) is 13.9. The number of carbonyl (C=O) groups is 1. The second kappa shape index (κ2) is 7.67. The van der Waals surface area contributed by atoms with E-state index in [4.69, 9.17) is 5.73 Å². The minimum absolute atomic E-state index is 0. The molecule has 0 spiro atoms. The van der Waals surface area contributed by atoms with Gasteiger partial charge in [-0.05, 0) is 37.1 Å². The Kier molecular flexibility index (Phi) is 5.98. The van der Waals surface area contributed by atoms with Crippen molar-refractivity contribution in [2.75, 3.05) is 6.54 Å². The topological polar surface area (TPSA) is 72.9 Å². The van der Waals surface area contributed by atoms with Gasteiger partial charge in [-0.3, -0.25) is 4.79 Å². The van der Waals surface area contributed by atoms with Gasteiger partial charge in [-0.2, -0.15) is 18.3 Å². The van der Waals surface area contributed by atoms with Crippen molar-refractivity contribution in [3.8, 4) is 5.69 Å². The van der Waals surface area contributed by atoms with E-state index in [-0.39, 0.29) is 29.7 Å². The van der Waals surface area contributed by atoms with E-state index in [0.717, 1.165) is 37.8 Å². The van der Waals surface area contributed by atoms with Crippen molar-refractivity contribution in [3.63, 3.8) is 0 Å². The number of benzene rings is 1. The molecule has 1 saturated carbocycles. The molecule has 5 nitrogen and oxygen atoms in total. The predicted octanol–water partition coefficient (Wildman–Crippen LogP) is 3.31. The van der Waals surface area contributed by atoms with Gasteiger partial charge in [0, 0.05) is 12.7 Å². The number of nitrogens with zero attached hydrogens (tertiary/aromatic N) is 2. The monoisotopic (exact) mass is 388 g/mol. The van der Waals surface area contributed by atoms with Gasteiger partial charge >= 0.3 is 6.18 Å². The van der Waals surface area contributed by atoms with Gasteiger partial charge in [-0.1, -0.05) is 18.9 Å². The van der Waals surface area contributed by atoms with E-state index in [2.05, 4.69) is 10.4 Å². The second-order valence-corrected chi connectivity index (χ2v) is 6.34. The quantitative estimate of drug-likeness (QED) is 0.844.